The van der Waals surface area contributed by atoms with E-state index in [2.05, 4.69) is 11.4 Å². The number of nitriles is 1. The number of piperidine rings is 1. The molecule has 190 valence electrons. The molecule has 2 amide bonds. The van der Waals surface area contributed by atoms with Crippen LogP contribution in [0.15, 0.2) is 29.2 Å². The number of nitrogens with two attached hydrogens (primary N) is 2. The third-order valence-corrected chi connectivity index (χ3v) is 7.47. The van der Waals surface area contributed by atoms with Gasteiger partial charge in [-0.3, -0.25) is 20.3 Å². The number of hydrazine groups is 1. The lowest BCUT2D eigenvalue weighted by atomic mass is 10.0. The maximum absolute atomic E-state index is 12.5. The molecule has 1 unspecified atom stereocenters. The Morgan fingerprint density at radius 2 is 1.82 bits per heavy atom. The topological polar surface area (TPSA) is 166 Å². The third-order valence-electron chi connectivity index (χ3n) is 5.53. The number of hydrogen-bond donors (Lipinski definition) is 3. The number of carbonyl (C=O) groups is 2. The van der Waals surface area contributed by atoms with Crippen LogP contribution >= 0.6 is 36.6 Å². The standard InChI is InChI=1S/C19H27N7O4S2.2ClH/c20-9-16-12-31-13-25(16)19(28)11-26(21)15-5-7-24(8-6-15)10-18(27)23-14-1-3-17(4-2-14)32(22,29)30;;/h1-4,15-16H,5-8,10-13,21H2,(H,23,27)(H2,22,29,30);2*1H. The Hall–Kier alpha value is -1.63. The molecule has 2 heterocycles. The van der Waals surface area contributed by atoms with Crippen LogP contribution in [0.25, 0.3) is 0 Å². The van der Waals surface area contributed by atoms with Gasteiger partial charge in [0.25, 0.3) is 0 Å². The van der Waals surface area contributed by atoms with E-state index in [1.165, 1.54) is 24.3 Å². The minimum atomic E-state index is -3.77. The van der Waals surface area contributed by atoms with Crippen LogP contribution in [0.2, 0.25) is 0 Å². The first-order valence-electron chi connectivity index (χ1n) is 10.1. The van der Waals surface area contributed by atoms with Gasteiger partial charge in [-0.1, -0.05) is 0 Å². The van der Waals surface area contributed by atoms with Crippen molar-refractivity contribution in [2.24, 2.45) is 11.0 Å². The lowest BCUT2D eigenvalue weighted by Gasteiger charge is -2.36. The summed E-state index contributed by atoms with van der Waals surface area (Å²) >= 11 is 1.56. The van der Waals surface area contributed by atoms with Crippen LogP contribution in [0.3, 0.4) is 0 Å². The third kappa shape index (κ3) is 8.24. The van der Waals surface area contributed by atoms with Crippen LogP contribution in [-0.2, 0) is 19.6 Å². The van der Waals surface area contributed by atoms with Crippen LogP contribution in [0.5, 0.6) is 0 Å². The van der Waals surface area contributed by atoms with E-state index in [0.717, 1.165) is 12.8 Å². The van der Waals surface area contributed by atoms with Crippen molar-refractivity contribution in [1.29, 1.82) is 5.26 Å². The summed E-state index contributed by atoms with van der Waals surface area (Å²) in [6.07, 6.45) is 1.44. The van der Waals surface area contributed by atoms with Gasteiger partial charge in [0.15, 0.2) is 0 Å². The molecule has 15 heteroatoms. The Bertz CT molecular complexity index is 983. The summed E-state index contributed by atoms with van der Waals surface area (Å²) in [7, 11) is -3.77. The number of halogens is 2. The van der Waals surface area contributed by atoms with Gasteiger partial charge in [-0.05, 0) is 37.1 Å². The van der Waals surface area contributed by atoms with Gasteiger partial charge < -0.3 is 10.2 Å². The van der Waals surface area contributed by atoms with Crippen LogP contribution in [0.4, 0.5) is 5.69 Å². The minimum Gasteiger partial charge on any atom is -0.325 e. The lowest BCUT2D eigenvalue weighted by molar-refractivity contribution is -0.132. The van der Waals surface area contributed by atoms with Gasteiger partial charge in [-0.25, -0.2) is 18.6 Å². The second-order valence-corrected chi connectivity index (χ2v) is 10.4. The Morgan fingerprint density at radius 1 is 1.21 bits per heavy atom. The smallest absolute Gasteiger partial charge is 0.239 e. The van der Waals surface area contributed by atoms with Crippen molar-refractivity contribution in [2.45, 2.75) is 29.8 Å². The fraction of sp³-hybridized carbons (Fsp3) is 0.526. The maximum Gasteiger partial charge on any atom is 0.239 e. The molecule has 1 aromatic rings. The molecule has 2 fully saturated rings. The van der Waals surface area contributed by atoms with Gasteiger partial charge in [0.2, 0.25) is 21.8 Å². The number of carbonyl (C=O) groups excluding carboxylic acids is 2. The van der Waals surface area contributed by atoms with E-state index in [0.29, 0.717) is 30.4 Å². The van der Waals surface area contributed by atoms with E-state index in [1.807, 2.05) is 4.90 Å². The molecular formula is C19H29Cl2N7O4S2. The van der Waals surface area contributed by atoms with Crippen molar-refractivity contribution >= 4 is 64.1 Å². The first kappa shape index (κ1) is 30.4. The SMILES string of the molecule is Cl.Cl.N#CC1CSCN1C(=O)CN(N)C1CCN(CC(=O)Nc2ccc(S(N)(=O)=O)cc2)CC1. The second kappa shape index (κ2) is 13.5. The largest absolute Gasteiger partial charge is 0.325 e. The van der Waals surface area contributed by atoms with E-state index in [4.69, 9.17) is 16.2 Å². The van der Waals surface area contributed by atoms with E-state index in [-0.39, 0.29) is 60.7 Å². The van der Waals surface area contributed by atoms with E-state index in [9.17, 15) is 18.0 Å². The number of nitrogens with zero attached hydrogens (tertiary/aromatic N) is 4. The monoisotopic (exact) mass is 553 g/mol. The molecule has 5 N–H and O–H groups in total. The van der Waals surface area contributed by atoms with Gasteiger partial charge in [-0.15, -0.1) is 36.6 Å². The van der Waals surface area contributed by atoms with Gasteiger partial charge in [0.05, 0.1) is 29.9 Å². The van der Waals surface area contributed by atoms with E-state index >= 15 is 0 Å². The van der Waals surface area contributed by atoms with E-state index in [1.54, 1.807) is 21.7 Å². The number of sulfonamides is 1. The van der Waals surface area contributed by atoms with Crippen molar-refractivity contribution in [3.8, 4) is 6.07 Å². The molecule has 2 aliphatic heterocycles. The molecule has 0 saturated carbocycles. The molecular weight excluding hydrogens is 525 g/mol. The summed E-state index contributed by atoms with van der Waals surface area (Å²) in [4.78, 5) is 28.3. The van der Waals surface area contributed by atoms with Crippen LogP contribution in [0.1, 0.15) is 12.8 Å². The number of primary sulfonamides is 1. The fourth-order valence-corrected chi connectivity index (χ4v) is 5.33. The second-order valence-electron chi connectivity index (χ2n) is 7.81. The number of amides is 2. The zero-order valence-electron chi connectivity index (χ0n) is 18.3. The highest BCUT2D eigenvalue weighted by atomic mass is 35.5. The Morgan fingerprint density at radius 3 is 2.38 bits per heavy atom. The predicted octanol–water partition coefficient (Wildman–Crippen LogP) is 0.181. The number of hydrogen-bond acceptors (Lipinski definition) is 9. The molecule has 2 saturated heterocycles. The first-order valence-corrected chi connectivity index (χ1v) is 12.8. The lowest BCUT2D eigenvalue weighted by Crippen LogP contribution is -2.53. The molecule has 0 aliphatic carbocycles. The summed E-state index contributed by atoms with van der Waals surface area (Å²) in [6.45, 7) is 1.58. The van der Waals surface area contributed by atoms with Gasteiger partial charge in [-0.2, -0.15) is 5.26 Å². The summed E-state index contributed by atoms with van der Waals surface area (Å²) in [6, 6.07) is 7.44. The Kier molecular flexibility index (Phi) is 12.0. The highest BCUT2D eigenvalue weighted by Gasteiger charge is 2.31. The normalized spacial score (nSPS) is 19.1. The van der Waals surface area contributed by atoms with Crippen molar-refractivity contribution in [3.63, 3.8) is 0 Å². The zero-order valence-corrected chi connectivity index (χ0v) is 21.6. The molecule has 1 aromatic carbocycles. The summed E-state index contributed by atoms with van der Waals surface area (Å²) in [5, 5.41) is 18.5. The summed E-state index contributed by atoms with van der Waals surface area (Å²) < 4.78 is 22.6. The molecule has 11 nitrogen and oxygen atoms in total. The quantitative estimate of drug-likeness (QED) is 0.315. The van der Waals surface area contributed by atoms with Gasteiger partial charge >= 0.3 is 0 Å². The number of anilines is 1. The molecule has 0 spiro atoms. The molecule has 3 rings (SSSR count). The van der Waals surface area contributed by atoms with Crippen molar-refractivity contribution in [2.75, 3.05) is 43.1 Å². The number of likely N-dealkylation sites (tertiary alicyclic amines) is 1. The zero-order chi connectivity index (χ0) is 23.3. The number of benzene rings is 1. The van der Waals surface area contributed by atoms with E-state index < -0.39 is 16.1 Å². The molecule has 2 aliphatic rings. The Labute approximate surface area is 216 Å². The average molecular weight is 555 g/mol. The number of nitrogens with one attached hydrogen (secondary N) is 1. The van der Waals surface area contributed by atoms with Gasteiger partial charge in [0, 0.05) is 30.6 Å². The molecule has 1 atom stereocenters. The maximum atomic E-state index is 12.5. The molecule has 0 bridgehead atoms. The molecule has 34 heavy (non-hydrogen) atoms. The van der Waals surface area contributed by atoms with Crippen molar-refractivity contribution in [3.05, 3.63) is 24.3 Å². The predicted molar refractivity (Wildman–Crippen MR) is 135 cm³/mol. The highest BCUT2D eigenvalue weighted by Crippen LogP contribution is 2.21. The number of thioether (sulfide) groups is 1. The van der Waals surface area contributed by atoms with Crippen LogP contribution in [0, 0.1) is 11.3 Å². The highest BCUT2D eigenvalue weighted by molar-refractivity contribution is 7.99. The summed E-state index contributed by atoms with van der Waals surface area (Å²) in [5.41, 5.74) is 0.486. The van der Waals surface area contributed by atoms with Crippen molar-refractivity contribution in [1.82, 2.24) is 14.8 Å². The van der Waals surface area contributed by atoms with Crippen molar-refractivity contribution < 1.29 is 18.0 Å². The number of rotatable bonds is 7. The van der Waals surface area contributed by atoms with Crippen LogP contribution in [-0.4, -0.2) is 84.9 Å². The molecule has 0 radical (unpaired) electrons. The van der Waals surface area contributed by atoms with Gasteiger partial charge in [0.1, 0.15) is 6.04 Å². The van der Waals surface area contributed by atoms with Crippen LogP contribution < -0.4 is 16.3 Å². The minimum absolute atomic E-state index is 0. The fourth-order valence-electron chi connectivity index (χ4n) is 3.71. The average Bonchev–Trinajstić information content (AvgIpc) is 3.23. The molecule has 0 aromatic heterocycles. The first-order chi connectivity index (χ1) is 15.2. The summed E-state index contributed by atoms with van der Waals surface area (Å²) in [5.74, 6) is 6.94. The Balaban J connectivity index is 0.00000289.